The molecule has 0 aliphatic carbocycles. The van der Waals surface area contributed by atoms with E-state index in [2.05, 4.69) is 21.5 Å². The Labute approximate surface area is 159 Å². The molecule has 2 aromatic heterocycles. The maximum absolute atomic E-state index is 12.5. The van der Waals surface area contributed by atoms with E-state index in [1.807, 2.05) is 31.2 Å². The van der Waals surface area contributed by atoms with Crippen LogP contribution in [0.5, 0.6) is 0 Å². The van der Waals surface area contributed by atoms with Crippen LogP contribution in [0.2, 0.25) is 5.02 Å². The Morgan fingerprint density at radius 3 is 2.77 bits per heavy atom. The molecular weight excluding hydrogens is 368 g/mol. The van der Waals surface area contributed by atoms with Crippen molar-refractivity contribution in [2.24, 2.45) is 0 Å². The summed E-state index contributed by atoms with van der Waals surface area (Å²) in [6.07, 6.45) is 3.36. The monoisotopic (exact) mass is 382 g/mol. The van der Waals surface area contributed by atoms with Crippen molar-refractivity contribution in [1.82, 2.24) is 14.8 Å². The molecule has 0 radical (unpaired) electrons. The molecule has 0 atom stereocenters. The zero-order chi connectivity index (χ0) is 18.1. The van der Waals surface area contributed by atoms with Crippen molar-refractivity contribution in [3.05, 3.63) is 76.6 Å². The fraction of sp³-hybridized carbons (Fsp3) is 0.105. The fourth-order valence-electron chi connectivity index (χ4n) is 2.63. The number of anilines is 1. The van der Waals surface area contributed by atoms with Gasteiger partial charge in [-0.05, 0) is 42.3 Å². The van der Waals surface area contributed by atoms with Crippen molar-refractivity contribution in [1.29, 1.82) is 0 Å². The van der Waals surface area contributed by atoms with Gasteiger partial charge in [0.25, 0.3) is 5.91 Å². The van der Waals surface area contributed by atoms with Gasteiger partial charge in [0, 0.05) is 11.8 Å². The van der Waals surface area contributed by atoms with E-state index in [0.29, 0.717) is 22.3 Å². The topological polar surface area (TPSA) is 59.8 Å². The second kappa shape index (κ2) is 6.90. The van der Waals surface area contributed by atoms with Crippen molar-refractivity contribution in [2.75, 3.05) is 5.32 Å². The molecule has 1 N–H and O–H groups in total. The Bertz CT molecular complexity index is 1080. The molecule has 4 aromatic rings. The first kappa shape index (κ1) is 16.8. The zero-order valence-corrected chi connectivity index (χ0v) is 15.5. The Hall–Kier alpha value is -2.70. The second-order valence-corrected chi connectivity index (χ2v) is 7.46. The van der Waals surface area contributed by atoms with E-state index in [1.165, 1.54) is 16.9 Å². The van der Waals surface area contributed by atoms with Crippen LogP contribution >= 0.6 is 22.9 Å². The van der Waals surface area contributed by atoms with E-state index < -0.39 is 0 Å². The van der Waals surface area contributed by atoms with E-state index >= 15 is 0 Å². The number of aromatic nitrogens is 3. The third-order valence-electron chi connectivity index (χ3n) is 3.93. The van der Waals surface area contributed by atoms with Crippen LogP contribution in [0.25, 0.3) is 10.2 Å². The molecule has 5 nitrogen and oxygen atoms in total. The van der Waals surface area contributed by atoms with Crippen LogP contribution in [-0.4, -0.2) is 20.7 Å². The van der Waals surface area contributed by atoms with Crippen LogP contribution in [0, 0.1) is 6.92 Å². The summed E-state index contributed by atoms with van der Waals surface area (Å²) in [4.78, 5) is 16.9. The van der Waals surface area contributed by atoms with Gasteiger partial charge < -0.3 is 0 Å². The van der Waals surface area contributed by atoms with Crippen molar-refractivity contribution in [2.45, 2.75) is 13.5 Å². The van der Waals surface area contributed by atoms with Crippen molar-refractivity contribution >= 4 is 44.2 Å². The number of benzene rings is 2. The number of amides is 1. The summed E-state index contributed by atoms with van der Waals surface area (Å²) in [6, 6.07) is 13.5. The molecule has 0 aliphatic rings. The lowest BCUT2D eigenvalue weighted by Gasteiger charge is -2.04. The number of nitrogens with one attached hydrogen (secondary N) is 1. The normalized spacial score (nSPS) is 11.0. The molecule has 0 spiro atoms. The number of aryl methyl sites for hydroxylation is 1. The first-order valence-electron chi connectivity index (χ1n) is 8.02. The molecule has 4 rings (SSSR count). The maximum atomic E-state index is 12.5. The van der Waals surface area contributed by atoms with Crippen molar-refractivity contribution < 1.29 is 4.79 Å². The molecule has 2 heterocycles. The highest BCUT2D eigenvalue weighted by Gasteiger charge is 2.10. The lowest BCUT2D eigenvalue weighted by Crippen LogP contribution is -2.11. The number of carbonyl (C=O) groups excluding carboxylic acids is 1. The highest BCUT2D eigenvalue weighted by Crippen LogP contribution is 2.27. The fourth-order valence-corrected chi connectivity index (χ4v) is 3.74. The summed E-state index contributed by atoms with van der Waals surface area (Å²) in [7, 11) is 0. The maximum Gasteiger partial charge on any atom is 0.257 e. The predicted molar refractivity (Wildman–Crippen MR) is 105 cm³/mol. The predicted octanol–water partition coefficient (Wildman–Crippen LogP) is 4.76. The number of rotatable bonds is 4. The summed E-state index contributed by atoms with van der Waals surface area (Å²) < 4.78 is 2.81. The molecule has 0 unspecified atom stereocenters. The zero-order valence-electron chi connectivity index (χ0n) is 13.9. The number of thiazole rings is 1. The number of hydrogen-bond donors (Lipinski definition) is 1. The third kappa shape index (κ3) is 3.61. The molecular formula is C19H15ClN4OS. The minimum Gasteiger partial charge on any atom is -0.298 e. The van der Waals surface area contributed by atoms with Crippen molar-refractivity contribution in [3.8, 4) is 0 Å². The highest BCUT2D eigenvalue weighted by atomic mass is 35.5. The number of nitrogens with zero attached hydrogens (tertiary/aromatic N) is 3. The van der Waals surface area contributed by atoms with Gasteiger partial charge in [-0.15, -0.1) is 0 Å². The Morgan fingerprint density at radius 1 is 1.23 bits per heavy atom. The minimum absolute atomic E-state index is 0.172. The quantitative estimate of drug-likeness (QED) is 0.553. The summed E-state index contributed by atoms with van der Waals surface area (Å²) in [5.74, 6) is -0.172. The summed E-state index contributed by atoms with van der Waals surface area (Å²) in [6.45, 7) is 2.64. The summed E-state index contributed by atoms with van der Waals surface area (Å²) in [5, 5.41) is 8.23. The second-order valence-electron chi connectivity index (χ2n) is 6.00. The SMILES string of the molecule is Cc1ccc2nc(NC(=O)c3ccc(Cn4cc(Cl)cn4)cc3)sc2c1. The average Bonchev–Trinajstić information content (AvgIpc) is 3.20. The lowest BCUT2D eigenvalue weighted by molar-refractivity contribution is 0.102. The number of fused-ring (bicyclic) bond motifs is 1. The molecule has 0 aliphatic heterocycles. The lowest BCUT2D eigenvalue weighted by atomic mass is 10.1. The number of halogens is 1. The van der Waals surface area contributed by atoms with Gasteiger partial charge in [0.2, 0.25) is 0 Å². The smallest absolute Gasteiger partial charge is 0.257 e. The van der Waals surface area contributed by atoms with Crippen LogP contribution in [0.4, 0.5) is 5.13 Å². The first-order chi connectivity index (χ1) is 12.6. The van der Waals surface area contributed by atoms with Crippen molar-refractivity contribution in [3.63, 3.8) is 0 Å². The minimum atomic E-state index is -0.172. The first-order valence-corrected chi connectivity index (χ1v) is 9.22. The number of hydrogen-bond acceptors (Lipinski definition) is 4. The third-order valence-corrected chi connectivity index (χ3v) is 5.06. The van der Waals surface area contributed by atoms with E-state index in [-0.39, 0.29) is 5.91 Å². The molecule has 7 heteroatoms. The van der Waals surface area contributed by atoms with Gasteiger partial charge >= 0.3 is 0 Å². The van der Waals surface area contributed by atoms with Gasteiger partial charge in [0.15, 0.2) is 5.13 Å². The van der Waals surface area contributed by atoms with E-state index in [4.69, 9.17) is 11.6 Å². The van der Waals surface area contributed by atoms with Gasteiger partial charge in [0.05, 0.1) is 28.0 Å². The molecule has 2 aromatic carbocycles. The van der Waals surface area contributed by atoms with Gasteiger partial charge in [-0.3, -0.25) is 14.8 Å². The standard InChI is InChI=1S/C19H15ClN4OS/c1-12-2-7-16-17(8-12)26-19(22-16)23-18(25)14-5-3-13(4-6-14)10-24-11-15(20)9-21-24/h2-9,11H,10H2,1H3,(H,22,23,25). The van der Waals surface area contributed by atoms with E-state index in [9.17, 15) is 4.79 Å². The van der Waals surface area contributed by atoms with Crippen LogP contribution in [-0.2, 0) is 6.54 Å². The molecule has 0 saturated carbocycles. The van der Waals surface area contributed by atoms with Crippen LogP contribution < -0.4 is 5.32 Å². The molecule has 0 saturated heterocycles. The van der Waals surface area contributed by atoms with Crippen LogP contribution in [0.3, 0.4) is 0 Å². The summed E-state index contributed by atoms with van der Waals surface area (Å²) >= 11 is 7.34. The highest BCUT2D eigenvalue weighted by molar-refractivity contribution is 7.22. The van der Waals surface area contributed by atoms with Gasteiger partial charge in [0.1, 0.15) is 0 Å². The largest absolute Gasteiger partial charge is 0.298 e. The van der Waals surface area contributed by atoms with Gasteiger partial charge in [-0.2, -0.15) is 5.10 Å². The Balaban J connectivity index is 1.46. The van der Waals surface area contributed by atoms with E-state index in [0.717, 1.165) is 15.8 Å². The molecule has 1 amide bonds. The van der Waals surface area contributed by atoms with Crippen LogP contribution in [0.15, 0.2) is 54.9 Å². The van der Waals surface area contributed by atoms with E-state index in [1.54, 1.807) is 29.2 Å². The molecule has 0 bridgehead atoms. The van der Waals surface area contributed by atoms with Crippen LogP contribution in [0.1, 0.15) is 21.5 Å². The summed E-state index contributed by atoms with van der Waals surface area (Å²) in [5.41, 5.74) is 3.69. The number of carbonyl (C=O) groups is 1. The Kier molecular flexibility index (Phi) is 4.44. The molecule has 130 valence electrons. The van der Waals surface area contributed by atoms with Gasteiger partial charge in [-0.1, -0.05) is 41.1 Å². The average molecular weight is 383 g/mol. The van der Waals surface area contributed by atoms with Gasteiger partial charge in [-0.25, -0.2) is 4.98 Å². The molecule has 0 fully saturated rings. The Morgan fingerprint density at radius 2 is 2.04 bits per heavy atom. The molecule has 26 heavy (non-hydrogen) atoms.